The van der Waals surface area contributed by atoms with E-state index in [4.69, 9.17) is 5.11 Å². The normalized spacial score (nSPS) is 11.4. The lowest BCUT2D eigenvalue weighted by atomic mass is 10.1. The van der Waals surface area contributed by atoms with Crippen molar-refractivity contribution in [2.45, 2.75) is 32.9 Å². The number of hydrogen-bond donors (Lipinski definition) is 2. The van der Waals surface area contributed by atoms with Crippen molar-refractivity contribution < 1.29 is 10.2 Å². The Hall–Kier alpha value is -0.860. The van der Waals surface area contributed by atoms with E-state index in [-0.39, 0.29) is 6.61 Å². The van der Waals surface area contributed by atoms with Gasteiger partial charge in [-0.05, 0) is 31.8 Å². The topological polar surface area (TPSA) is 43.7 Å². The fourth-order valence-corrected chi connectivity index (χ4v) is 2.61. The third kappa shape index (κ3) is 5.19. The van der Waals surface area contributed by atoms with Crippen LogP contribution >= 0.6 is 11.3 Å². The molecular formula is C14H21NO2S. The van der Waals surface area contributed by atoms with Crippen LogP contribution in [-0.2, 0) is 6.54 Å². The van der Waals surface area contributed by atoms with Crippen LogP contribution in [0.5, 0.6) is 0 Å². The molecule has 0 saturated carbocycles. The maximum absolute atomic E-state index is 9.86. The van der Waals surface area contributed by atoms with Crippen LogP contribution < -0.4 is 0 Å². The number of nitrogens with zero attached hydrogens (tertiary/aromatic N) is 1. The van der Waals surface area contributed by atoms with Gasteiger partial charge < -0.3 is 10.2 Å². The largest absolute Gasteiger partial charge is 0.389 e. The second-order valence-corrected chi connectivity index (χ2v) is 5.83. The van der Waals surface area contributed by atoms with Gasteiger partial charge in [-0.15, -0.1) is 11.3 Å². The van der Waals surface area contributed by atoms with Crippen LogP contribution in [0.15, 0.2) is 11.4 Å². The quantitative estimate of drug-likeness (QED) is 0.798. The van der Waals surface area contributed by atoms with Gasteiger partial charge in [0.2, 0.25) is 0 Å². The Morgan fingerprint density at radius 1 is 1.44 bits per heavy atom. The Labute approximate surface area is 113 Å². The summed E-state index contributed by atoms with van der Waals surface area (Å²) in [6.45, 7) is 7.90. The lowest BCUT2D eigenvalue weighted by molar-refractivity contribution is 0.0356. The molecule has 2 N–H and O–H groups in total. The summed E-state index contributed by atoms with van der Waals surface area (Å²) < 4.78 is 0. The van der Waals surface area contributed by atoms with Gasteiger partial charge in [0, 0.05) is 23.5 Å². The molecule has 0 radical (unpaired) electrons. The SMILES string of the molecule is CCN(Cc1sccc1C#CCO)CC(C)(C)O. The lowest BCUT2D eigenvalue weighted by Gasteiger charge is -2.27. The molecule has 4 heteroatoms. The molecule has 18 heavy (non-hydrogen) atoms. The van der Waals surface area contributed by atoms with E-state index in [2.05, 4.69) is 23.7 Å². The fraction of sp³-hybridized carbons (Fsp3) is 0.571. The second kappa shape index (κ2) is 6.91. The molecule has 0 fully saturated rings. The van der Waals surface area contributed by atoms with Crippen molar-refractivity contribution in [3.8, 4) is 11.8 Å². The van der Waals surface area contributed by atoms with Crippen LogP contribution in [0.3, 0.4) is 0 Å². The molecule has 1 aromatic heterocycles. The van der Waals surface area contributed by atoms with Crippen LogP contribution in [0.4, 0.5) is 0 Å². The molecule has 0 aliphatic heterocycles. The maximum atomic E-state index is 9.86. The first-order valence-corrected chi connectivity index (χ1v) is 6.95. The van der Waals surface area contributed by atoms with Crippen LogP contribution in [0.1, 0.15) is 31.2 Å². The van der Waals surface area contributed by atoms with Crippen molar-refractivity contribution in [1.82, 2.24) is 4.90 Å². The van der Waals surface area contributed by atoms with E-state index in [0.29, 0.717) is 6.54 Å². The molecule has 0 amide bonds. The number of rotatable bonds is 5. The van der Waals surface area contributed by atoms with E-state index in [1.54, 1.807) is 11.3 Å². The molecule has 0 aliphatic rings. The van der Waals surface area contributed by atoms with E-state index < -0.39 is 5.60 Å². The average molecular weight is 267 g/mol. The monoisotopic (exact) mass is 267 g/mol. The molecule has 1 rings (SSSR count). The standard InChI is InChI=1S/C14H21NO2S/c1-4-15(11-14(2,3)17)10-13-12(6-5-8-16)7-9-18-13/h7,9,16-17H,4,8,10-11H2,1-3H3. The highest BCUT2D eigenvalue weighted by Crippen LogP contribution is 2.19. The molecule has 3 nitrogen and oxygen atoms in total. The van der Waals surface area contributed by atoms with E-state index in [1.165, 1.54) is 4.88 Å². The molecular weight excluding hydrogens is 246 g/mol. The summed E-state index contributed by atoms with van der Waals surface area (Å²) in [7, 11) is 0. The molecule has 1 heterocycles. The maximum Gasteiger partial charge on any atom is 0.104 e. The Bertz CT molecular complexity index is 423. The zero-order chi connectivity index (χ0) is 13.6. The summed E-state index contributed by atoms with van der Waals surface area (Å²) in [5, 5.41) is 20.6. The highest BCUT2D eigenvalue weighted by Gasteiger charge is 2.18. The van der Waals surface area contributed by atoms with E-state index in [1.807, 2.05) is 25.3 Å². The predicted octanol–water partition coefficient (Wildman–Crippen LogP) is 1.68. The Balaban J connectivity index is 2.73. The van der Waals surface area contributed by atoms with Gasteiger partial charge in [0.1, 0.15) is 6.61 Å². The van der Waals surface area contributed by atoms with Gasteiger partial charge in [0.25, 0.3) is 0 Å². The first kappa shape index (κ1) is 15.2. The zero-order valence-electron chi connectivity index (χ0n) is 11.2. The number of hydrogen-bond acceptors (Lipinski definition) is 4. The summed E-state index contributed by atoms with van der Waals surface area (Å²) >= 11 is 1.66. The minimum absolute atomic E-state index is 0.115. The van der Waals surface area contributed by atoms with Gasteiger partial charge in [-0.1, -0.05) is 18.8 Å². The molecule has 0 atom stereocenters. The van der Waals surface area contributed by atoms with Crippen molar-refractivity contribution in [2.75, 3.05) is 19.7 Å². The van der Waals surface area contributed by atoms with E-state index in [0.717, 1.165) is 18.7 Å². The molecule has 100 valence electrons. The van der Waals surface area contributed by atoms with Crippen LogP contribution in [0.25, 0.3) is 0 Å². The fourth-order valence-electron chi connectivity index (χ4n) is 1.74. The number of likely N-dealkylation sites (N-methyl/N-ethyl adjacent to an activating group) is 1. The van der Waals surface area contributed by atoms with Gasteiger partial charge in [-0.25, -0.2) is 0 Å². The summed E-state index contributed by atoms with van der Waals surface area (Å²) in [4.78, 5) is 3.37. The first-order chi connectivity index (χ1) is 8.46. The lowest BCUT2D eigenvalue weighted by Crippen LogP contribution is -2.38. The first-order valence-electron chi connectivity index (χ1n) is 6.07. The van der Waals surface area contributed by atoms with Gasteiger partial charge in [0.05, 0.1) is 5.60 Å². The molecule has 0 aliphatic carbocycles. The Morgan fingerprint density at radius 2 is 2.17 bits per heavy atom. The van der Waals surface area contributed by atoms with Crippen molar-refractivity contribution in [3.63, 3.8) is 0 Å². The summed E-state index contributed by atoms with van der Waals surface area (Å²) in [5.41, 5.74) is 0.285. The summed E-state index contributed by atoms with van der Waals surface area (Å²) in [5.74, 6) is 5.63. The van der Waals surface area contributed by atoms with E-state index in [9.17, 15) is 5.11 Å². The van der Waals surface area contributed by atoms with Crippen LogP contribution in [0, 0.1) is 11.8 Å². The molecule has 0 spiro atoms. The van der Waals surface area contributed by atoms with Crippen molar-refractivity contribution >= 4 is 11.3 Å². The number of aliphatic hydroxyl groups excluding tert-OH is 1. The highest BCUT2D eigenvalue weighted by molar-refractivity contribution is 7.10. The molecule has 0 aromatic carbocycles. The van der Waals surface area contributed by atoms with E-state index >= 15 is 0 Å². The smallest absolute Gasteiger partial charge is 0.104 e. The van der Waals surface area contributed by atoms with Gasteiger partial charge in [-0.3, -0.25) is 4.90 Å². The van der Waals surface area contributed by atoms with Gasteiger partial charge in [-0.2, -0.15) is 0 Å². The predicted molar refractivity (Wildman–Crippen MR) is 75.5 cm³/mol. The minimum Gasteiger partial charge on any atom is -0.389 e. The molecule has 0 bridgehead atoms. The van der Waals surface area contributed by atoms with Crippen molar-refractivity contribution in [1.29, 1.82) is 0 Å². The Kier molecular flexibility index (Phi) is 5.83. The molecule has 1 aromatic rings. The van der Waals surface area contributed by atoms with Gasteiger partial charge >= 0.3 is 0 Å². The van der Waals surface area contributed by atoms with Crippen molar-refractivity contribution in [3.05, 3.63) is 21.9 Å². The van der Waals surface area contributed by atoms with Crippen LogP contribution in [0.2, 0.25) is 0 Å². The van der Waals surface area contributed by atoms with Gasteiger partial charge in [0.15, 0.2) is 0 Å². The summed E-state index contributed by atoms with van der Waals surface area (Å²) in [6, 6.07) is 1.97. The Morgan fingerprint density at radius 3 is 2.72 bits per heavy atom. The second-order valence-electron chi connectivity index (χ2n) is 4.83. The van der Waals surface area contributed by atoms with Crippen LogP contribution in [-0.4, -0.2) is 40.4 Å². The average Bonchev–Trinajstić information content (AvgIpc) is 2.71. The molecule has 0 saturated heterocycles. The minimum atomic E-state index is -0.690. The number of aliphatic hydroxyl groups is 2. The highest BCUT2D eigenvalue weighted by atomic mass is 32.1. The molecule has 0 unspecified atom stereocenters. The summed E-state index contributed by atoms with van der Waals surface area (Å²) in [6.07, 6.45) is 0. The third-order valence-electron chi connectivity index (χ3n) is 2.47. The van der Waals surface area contributed by atoms with Crippen molar-refractivity contribution in [2.24, 2.45) is 0 Å². The zero-order valence-corrected chi connectivity index (χ0v) is 12.0. The third-order valence-corrected chi connectivity index (χ3v) is 3.38. The number of thiophene rings is 1.